The van der Waals surface area contributed by atoms with Crippen molar-refractivity contribution in [2.75, 3.05) is 10.6 Å². The van der Waals surface area contributed by atoms with E-state index in [1.54, 1.807) is 12.4 Å². The topological polar surface area (TPSA) is 75.3 Å². The number of hydrogen-bond donors (Lipinski definition) is 2. The Morgan fingerprint density at radius 3 is 2.53 bits per heavy atom. The van der Waals surface area contributed by atoms with Crippen molar-refractivity contribution in [1.82, 2.24) is 9.97 Å². The highest BCUT2D eigenvalue weighted by Crippen LogP contribution is 2.36. The van der Waals surface area contributed by atoms with Gasteiger partial charge in [-0.3, -0.25) is 9.98 Å². The molecule has 6 nitrogen and oxygen atoms in total. The number of nitrogens with one attached hydrogen (secondary N) is 2. The SMILES string of the molecule is FC1CCC2N=CC=C(Nc3ccc4nc(-c5ccc(Nc6ccncc6)cc5)oc4c3)C2C1. The van der Waals surface area contributed by atoms with E-state index in [1.165, 1.54) is 0 Å². The Bertz CT molecular complexity index is 1360. The molecule has 1 aliphatic carbocycles. The smallest absolute Gasteiger partial charge is 0.227 e. The molecular formula is C27H24FN5O. The number of anilines is 3. The lowest BCUT2D eigenvalue weighted by Crippen LogP contribution is -2.34. The highest BCUT2D eigenvalue weighted by atomic mass is 19.1. The number of halogens is 1. The average molecular weight is 454 g/mol. The van der Waals surface area contributed by atoms with E-state index < -0.39 is 6.17 Å². The number of benzene rings is 2. The van der Waals surface area contributed by atoms with Crippen LogP contribution in [-0.4, -0.2) is 28.4 Å². The van der Waals surface area contributed by atoms with E-state index in [0.717, 1.165) is 40.3 Å². The van der Waals surface area contributed by atoms with Crippen molar-refractivity contribution in [3.05, 3.63) is 78.8 Å². The first-order valence-electron chi connectivity index (χ1n) is 11.5. The summed E-state index contributed by atoms with van der Waals surface area (Å²) in [5, 5.41) is 6.82. The number of hydrogen-bond acceptors (Lipinski definition) is 6. The molecule has 1 fully saturated rings. The Balaban J connectivity index is 1.20. The monoisotopic (exact) mass is 453 g/mol. The second-order valence-electron chi connectivity index (χ2n) is 8.77. The number of aromatic nitrogens is 2. The highest BCUT2D eigenvalue weighted by molar-refractivity contribution is 5.81. The average Bonchev–Trinajstić information content (AvgIpc) is 3.29. The predicted molar refractivity (Wildman–Crippen MR) is 133 cm³/mol. The molecule has 3 unspecified atom stereocenters. The van der Waals surface area contributed by atoms with Gasteiger partial charge in [-0.15, -0.1) is 0 Å². The zero-order chi connectivity index (χ0) is 22.9. The molecule has 6 rings (SSSR count). The summed E-state index contributed by atoms with van der Waals surface area (Å²) in [6.45, 7) is 0. The van der Waals surface area contributed by atoms with Crippen LogP contribution in [0.15, 0.2) is 88.2 Å². The van der Waals surface area contributed by atoms with Crippen LogP contribution in [0.4, 0.5) is 21.5 Å². The Morgan fingerprint density at radius 2 is 1.68 bits per heavy atom. The van der Waals surface area contributed by atoms with Gasteiger partial charge in [0.15, 0.2) is 5.58 Å². The lowest BCUT2D eigenvalue weighted by Gasteiger charge is -2.34. The zero-order valence-electron chi connectivity index (χ0n) is 18.5. The Kier molecular flexibility index (Phi) is 5.30. The Hall–Kier alpha value is -4.00. The summed E-state index contributed by atoms with van der Waals surface area (Å²) in [5.41, 5.74) is 6.25. The van der Waals surface area contributed by atoms with Gasteiger partial charge in [0, 0.05) is 58.9 Å². The molecule has 2 aliphatic rings. The van der Waals surface area contributed by atoms with Gasteiger partial charge < -0.3 is 15.1 Å². The summed E-state index contributed by atoms with van der Waals surface area (Å²) in [4.78, 5) is 13.2. The lowest BCUT2D eigenvalue weighted by atomic mass is 9.80. The van der Waals surface area contributed by atoms with Crippen LogP contribution in [0, 0.1) is 5.92 Å². The molecule has 2 aromatic carbocycles. The third kappa shape index (κ3) is 4.17. The first kappa shape index (κ1) is 20.6. The molecule has 0 spiro atoms. The molecule has 0 amide bonds. The summed E-state index contributed by atoms with van der Waals surface area (Å²) in [7, 11) is 0. The largest absolute Gasteiger partial charge is 0.436 e. The third-order valence-electron chi connectivity index (χ3n) is 6.46. The number of allylic oxidation sites excluding steroid dienone is 1. The minimum atomic E-state index is -0.759. The second-order valence-corrected chi connectivity index (χ2v) is 8.77. The van der Waals surface area contributed by atoms with E-state index >= 15 is 0 Å². The van der Waals surface area contributed by atoms with Crippen LogP contribution < -0.4 is 10.6 Å². The van der Waals surface area contributed by atoms with Gasteiger partial charge in [-0.05, 0) is 73.9 Å². The number of dihydropyridines is 1. The van der Waals surface area contributed by atoms with Crippen molar-refractivity contribution < 1.29 is 8.81 Å². The summed E-state index contributed by atoms with van der Waals surface area (Å²) < 4.78 is 20.1. The number of alkyl halides is 1. The molecule has 3 heterocycles. The highest BCUT2D eigenvalue weighted by Gasteiger charge is 2.34. The van der Waals surface area contributed by atoms with Gasteiger partial charge in [-0.1, -0.05) is 0 Å². The van der Waals surface area contributed by atoms with Gasteiger partial charge >= 0.3 is 0 Å². The van der Waals surface area contributed by atoms with E-state index in [0.29, 0.717) is 24.3 Å². The molecule has 0 saturated heterocycles. The van der Waals surface area contributed by atoms with Gasteiger partial charge in [0.2, 0.25) is 5.89 Å². The van der Waals surface area contributed by atoms with Crippen LogP contribution in [-0.2, 0) is 0 Å². The molecule has 4 aromatic rings. The maximum Gasteiger partial charge on any atom is 0.227 e. The zero-order valence-corrected chi connectivity index (χ0v) is 18.5. The molecule has 1 aliphatic heterocycles. The van der Waals surface area contributed by atoms with Crippen LogP contribution in [0.2, 0.25) is 0 Å². The van der Waals surface area contributed by atoms with E-state index in [4.69, 9.17) is 4.42 Å². The molecule has 0 radical (unpaired) electrons. The third-order valence-corrected chi connectivity index (χ3v) is 6.46. The van der Waals surface area contributed by atoms with E-state index in [2.05, 4.69) is 25.6 Å². The molecule has 0 bridgehead atoms. The van der Waals surface area contributed by atoms with Crippen molar-refractivity contribution in [1.29, 1.82) is 0 Å². The maximum absolute atomic E-state index is 14.0. The second kappa shape index (κ2) is 8.74. The first-order valence-corrected chi connectivity index (χ1v) is 11.5. The van der Waals surface area contributed by atoms with Crippen LogP contribution >= 0.6 is 0 Å². The fourth-order valence-electron chi connectivity index (χ4n) is 4.70. The Labute approximate surface area is 196 Å². The number of oxazole rings is 1. The molecule has 170 valence electrons. The van der Waals surface area contributed by atoms with E-state index in [-0.39, 0.29) is 12.0 Å². The molecular weight excluding hydrogens is 429 g/mol. The van der Waals surface area contributed by atoms with Crippen LogP contribution in [0.5, 0.6) is 0 Å². The summed E-state index contributed by atoms with van der Waals surface area (Å²) >= 11 is 0. The standard InChI is InChI=1S/C27H24FN5O/c28-18-3-7-23-22(15-18)24(11-14-30-23)32-21-6-8-25-26(16-21)34-27(33-25)17-1-4-19(5-2-17)31-20-9-12-29-13-10-20/h1-2,4-6,8-14,16,18,22-23,32H,3,7,15H2,(H,29,31). The quantitative estimate of drug-likeness (QED) is 0.360. The van der Waals surface area contributed by atoms with Crippen LogP contribution in [0.25, 0.3) is 22.6 Å². The number of nitrogens with zero attached hydrogens (tertiary/aromatic N) is 3. The fourth-order valence-corrected chi connectivity index (χ4v) is 4.70. The van der Waals surface area contributed by atoms with E-state index in [1.807, 2.05) is 66.9 Å². The normalized spacial score (nSPS) is 21.7. The van der Waals surface area contributed by atoms with Crippen molar-refractivity contribution >= 4 is 34.4 Å². The number of rotatable bonds is 5. The minimum absolute atomic E-state index is 0.0917. The van der Waals surface area contributed by atoms with Crippen LogP contribution in [0.3, 0.4) is 0 Å². The van der Waals surface area contributed by atoms with Crippen molar-refractivity contribution in [2.45, 2.75) is 31.5 Å². The summed E-state index contributed by atoms with van der Waals surface area (Å²) in [5.74, 6) is 0.660. The Morgan fingerprint density at radius 1 is 0.882 bits per heavy atom. The number of aliphatic imine (C=N–C) groups is 1. The van der Waals surface area contributed by atoms with Gasteiger partial charge in [0.05, 0.1) is 6.04 Å². The fraction of sp³-hybridized carbons (Fsp3) is 0.222. The molecule has 34 heavy (non-hydrogen) atoms. The van der Waals surface area contributed by atoms with E-state index in [9.17, 15) is 4.39 Å². The van der Waals surface area contributed by atoms with Crippen molar-refractivity contribution in [3.63, 3.8) is 0 Å². The molecule has 7 heteroatoms. The van der Waals surface area contributed by atoms with Gasteiger partial charge in [-0.25, -0.2) is 9.37 Å². The number of pyridine rings is 1. The van der Waals surface area contributed by atoms with Crippen molar-refractivity contribution in [2.24, 2.45) is 10.9 Å². The molecule has 3 atom stereocenters. The van der Waals surface area contributed by atoms with Gasteiger partial charge in [-0.2, -0.15) is 0 Å². The number of fused-ring (bicyclic) bond motifs is 2. The van der Waals surface area contributed by atoms with Crippen LogP contribution in [0.1, 0.15) is 19.3 Å². The molecule has 2 aromatic heterocycles. The molecule has 1 saturated carbocycles. The lowest BCUT2D eigenvalue weighted by molar-refractivity contribution is 0.196. The summed E-state index contributed by atoms with van der Waals surface area (Å²) in [6, 6.07) is 17.8. The minimum Gasteiger partial charge on any atom is -0.436 e. The summed E-state index contributed by atoms with van der Waals surface area (Å²) in [6.07, 6.45) is 8.44. The van der Waals surface area contributed by atoms with Crippen molar-refractivity contribution in [3.8, 4) is 11.5 Å². The predicted octanol–water partition coefficient (Wildman–Crippen LogP) is 6.52. The van der Waals surface area contributed by atoms with Gasteiger partial charge in [0.25, 0.3) is 0 Å². The van der Waals surface area contributed by atoms with Gasteiger partial charge in [0.1, 0.15) is 11.7 Å². The maximum atomic E-state index is 14.0. The first-order chi connectivity index (χ1) is 16.7. The molecule has 2 N–H and O–H groups in total.